The van der Waals surface area contributed by atoms with Crippen molar-refractivity contribution in [2.75, 3.05) is 0 Å². The molecule has 0 saturated heterocycles. The van der Waals surface area contributed by atoms with Crippen molar-refractivity contribution in [3.05, 3.63) is 108 Å². The monoisotopic (exact) mass is 414 g/mol. The van der Waals surface area contributed by atoms with Crippen LogP contribution in [0.5, 0.6) is 0 Å². The fourth-order valence-electron chi connectivity index (χ4n) is 5.67. The summed E-state index contributed by atoms with van der Waals surface area (Å²) >= 11 is 0. The zero-order chi connectivity index (χ0) is 22.2. The summed E-state index contributed by atoms with van der Waals surface area (Å²) in [7, 11) is 0. The van der Waals surface area contributed by atoms with Crippen LogP contribution < -0.4 is 0 Å². The van der Waals surface area contributed by atoms with Gasteiger partial charge in [-0.2, -0.15) is 0 Å². The molecule has 158 valence electrons. The van der Waals surface area contributed by atoms with Gasteiger partial charge < -0.3 is 0 Å². The molecular formula is C32H30. The molecule has 0 nitrogen and oxygen atoms in total. The summed E-state index contributed by atoms with van der Waals surface area (Å²) in [6.45, 7) is 9.12. The predicted octanol–water partition coefficient (Wildman–Crippen LogP) is 9.27. The minimum atomic E-state index is 0.404. The molecule has 4 aromatic carbocycles. The molecule has 1 aliphatic rings. The predicted molar refractivity (Wildman–Crippen MR) is 140 cm³/mol. The third kappa shape index (κ3) is 3.06. The standard InChI is InChI=1S/C32H30/c1-5-24-28(21(3)4)25(6-2)32-30(23-17-11-8-12-18-23)27-20-14-13-19-26(27)29(31(24)32)22-15-9-7-10-16-22/h5-21,28H,1-4H3. The second-order valence-electron chi connectivity index (χ2n) is 8.99. The first kappa shape index (κ1) is 20.5. The Morgan fingerprint density at radius 1 is 0.531 bits per heavy atom. The molecule has 0 spiro atoms. The van der Waals surface area contributed by atoms with Crippen LogP contribution in [-0.2, 0) is 0 Å². The molecule has 4 aromatic rings. The van der Waals surface area contributed by atoms with E-state index in [-0.39, 0.29) is 0 Å². The number of rotatable bonds is 3. The molecular weight excluding hydrogens is 384 g/mol. The normalized spacial score (nSPS) is 18.1. The van der Waals surface area contributed by atoms with Crippen LogP contribution in [0.2, 0.25) is 0 Å². The Morgan fingerprint density at radius 3 is 1.25 bits per heavy atom. The lowest BCUT2D eigenvalue weighted by Gasteiger charge is -2.20. The van der Waals surface area contributed by atoms with Gasteiger partial charge in [0.1, 0.15) is 0 Å². The molecule has 0 unspecified atom stereocenters. The van der Waals surface area contributed by atoms with Gasteiger partial charge in [-0.05, 0) is 75.1 Å². The maximum atomic E-state index is 2.36. The lowest BCUT2D eigenvalue weighted by atomic mass is 9.83. The van der Waals surface area contributed by atoms with Crippen molar-refractivity contribution in [1.82, 2.24) is 0 Å². The van der Waals surface area contributed by atoms with E-state index < -0.39 is 0 Å². The molecule has 0 radical (unpaired) electrons. The van der Waals surface area contributed by atoms with E-state index in [1.807, 2.05) is 0 Å². The Bertz CT molecular complexity index is 1230. The van der Waals surface area contributed by atoms with Crippen molar-refractivity contribution in [2.45, 2.75) is 27.7 Å². The number of hydrogen-bond acceptors (Lipinski definition) is 0. The quantitative estimate of drug-likeness (QED) is 0.313. The van der Waals surface area contributed by atoms with E-state index in [0.29, 0.717) is 11.8 Å². The molecule has 0 amide bonds. The van der Waals surface area contributed by atoms with E-state index >= 15 is 0 Å². The highest BCUT2D eigenvalue weighted by molar-refractivity contribution is 6.17. The third-order valence-corrected chi connectivity index (χ3v) is 6.88. The van der Waals surface area contributed by atoms with E-state index in [1.165, 1.54) is 55.3 Å². The van der Waals surface area contributed by atoms with E-state index in [0.717, 1.165) is 0 Å². The second kappa shape index (κ2) is 8.28. The second-order valence-corrected chi connectivity index (χ2v) is 8.99. The van der Waals surface area contributed by atoms with Gasteiger partial charge >= 0.3 is 0 Å². The fourth-order valence-corrected chi connectivity index (χ4v) is 5.67. The van der Waals surface area contributed by atoms with Crippen LogP contribution in [-0.4, -0.2) is 0 Å². The number of fused-ring (bicyclic) bond motifs is 2. The lowest BCUT2D eigenvalue weighted by molar-refractivity contribution is 0.582. The summed E-state index contributed by atoms with van der Waals surface area (Å²) < 4.78 is 0. The van der Waals surface area contributed by atoms with E-state index in [4.69, 9.17) is 0 Å². The van der Waals surface area contributed by atoms with E-state index in [9.17, 15) is 0 Å². The van der Waals surface area contributed by atoms with Gasteiger partial charge in [-0.3, -0.25) is 0 Å². The first-order valence-electron chi connectivity index (χ1n) is 11.7. The molecule has 0 heteroatoms. The minimum Gasteiger partial charge on any atom is -0.0832 e. The summed E-state index contributed by atoms with van der Waals surface area (Å²) in [6.07, 6.45) is 4.71. The highest BCUT2D eigenvalue weighted by Gasteiger charge is 2.38. The van der Waals surface area contributed by atoms with E-state index in [1.54, 1.807) is 0 Å². The molecule has 0 bridgehead atoms. The van der Waals surface area contributed by atoms with Gasteiger partial charge in [0.2, 0.25) is 0 Å². The Kier molecular flexibility index (Phi) is 5.31. The van der Waals surface area contributed by atoms with Crippen LogP contribution in [0.25, 0.3) is 44.2 Å². The Balaban J connectivity index is 2.05. The highest BCUT2D eigenvalue weighted by atomic mass is 14.4. The van der Waals surface area contributed by atoms with Crippen LogP contribution in [0.4, 0.5) is 0 Å². The average Bonchev–Trinajstić information content (AvgIpc) is 3.17. The van der Waals surface area contributed by atoms with Crippen molar-refractivity contribution < 1.29 is 0 Å². The van der Waals surface area contributed by atoms with Gasteiger partial charge in [-0.25, -0.2) is 0 Å². The Hall–Kier alpha value is -3.38. The summed E-state index contributed by atoms with van der Waals surface area (Å²) in [5.74, 6) is 0.928. The number of allylic oxidation sites excluding steroid dienone is 4. The van der Waals surface area contributed by atoms with E-state index in [2.05, 4.69) is 125 Å². The summed E-state index contributed by atoms with van der Waals surface area (Å²) in [5, 5.41) is 2.66. The van der Waals surface area contributed by atoms with Crippen molar-refractivity contribution in [3.8, 4) is 22.3 Å². The molecule has 0 aliphatic heterocycles. The van der Waals surface area contributed by atoms with Gasteiger partial charge in [-0.1, -0.05) is 111 Å². The topological polar surface area (TPSA) is 0 Å². The van der Waals surface area contributed by atoms with Crippen molar-refractivity contribution in [1.29, 1.82) is 0 Å². The number of benzene rings is 4. The zero-order valence-electron chi connectivity index (χ0n) is 19.4. The molecule has 0 heterocycles. The molecule has 0 N–H and O–H groups in total. The summed E-state index contributed by atoms with van der Waals surface area (Å²) in [4.78, 5) is 0. The van der Waals surface area contributed by atoms with Gasteiger partial charge in [0.15, 0.2) is 0 Å². The lowest BCUT2D eigenvalue weighted by Crippen LogP contribution is -2.07. The molecule has 0 aromatic heterocycles. The van der Waals surface area contributed by atoms with Crippen molar-refractivity contribution in [3.63, 3.8) is 0 Å². The smallest absolute Gasteiger partial charge is 0.0119 e. The average molecular weight is 415 g/mol. The molecule has 0 saturated carbocycles. The van der Waals surface area contributed by atoms with Crippen molar-refractivity contribution in [2.24, 2.45) is 11.8 Å². The molecule has 5 rings (SSSR count). The van der Waals surface area contributed by atoms with Crippen LogP contribution in [0.15, 0.2) is 97.1 Å². The van der Waals surface area contributed by atoms with Crippen molar-refractivity contribution >= 4 is 21.9 Å². The largest absolute Gasteiger partial charge is 0.0832 e. The third-order valence-electron chi connectivity index (χ3n) is 6.88. The highest BCUT2D eigenvalue weighted by Crippen LogP contribution is 2.57. The maximum Gasteiger partial charge on any atom is 0.0119 e. The fraction of sp³-hybridized carbons (Fsp3) is 0.188. The minimum absolute atomic E-state index is 0.404. The summed E-state index contributed by atoms with van der Waals surface area (Å²) in [5.41, 5.74) is 11.1. The van der Waals surface area contributed by atoms with Crippen LogP contribution in [0, 0.1) is 11.8 Å². The van der Waals surface area contributed by atoms with Gasteiger partial charge in [0, 0.05) is 5.92 Å². The Morgan fingerprint density at radius 2 is 0.906 bits per heavy atom. The molecule has 32 heavy (non-hydrogen) atoms. The summed E-state index contributed by atoms with van der Waals surface area (Å²) in [6, 6.07) is 30.8. The van der Waals surface area contributed by atoms with Gasteiger partial charge in [0.05, 0.1) is 0 Å². The SMILES string of the molecule is CC=C1c2c(c(-c3ccccc3)c3ccccc3c2-c2ccccc2)C(=CC)C1C(C)C. The number of hydrogen-bond donors (Lipinski definition) is 0. The molecule has 1 aliphatic carbocycles. The van der Waals surface area contributed by atoms with Crippen LogP contribution >= 0.6 is 0 Å². The Labute approximate surface area is 191 Å². The molecule has 0 atom stereocenters. The van der Waals surface area contributed by atoms with Crippen LogP contribution in [0.3, 0.4) is 0 Å². The first-order chi connectivity index (χ1) is 15.7. The maximum absolute atomic E-state index is 2.36. The van der Waals surface area contributed by atoms with Gasteiger partial charge in [-0.15, -0.1) is 0 Å². The van der Waals surface area contributed by atoms with Gasteiger partial charge in [0.25, 0.3) is 0 Å². The van der Waals surface area contributed by atoms with Crippen LogP contribution in [0.1, 0.15) is 38.8 Å². The first-order valence-corrected chi connectivity index (χ1v) is 11.7. The zero-order valence-corrected chi connectivity index (χ0v) is 19.4. The molecule has 0 fully saturated rings.